The molecule has 0 fully saturated rings. The lowest BCUT2D eigenvalue weighted by Gasteiger charge is -2.08. The third kappa shape index (κ3) is 6.06. The first-order valence-electron chi connectivity index (χ1n) is 5.68. The lowest BCUT2D eigenvalue weighted by atomic mass is 10.3. The Morgan fingerprint density at radius 3 is 2.76 bits per heavy atom. The Morgan fingerprint density at radius 1 is 1.43 bits per heavy atom. The SMILES string of the molecule is O=C(O)COCCNC(=O)Nc1cc([N+](=O)[O-])ccc1Cl. The van der Waals surface area contributed by atoms with Gasteiger partial charge in [0.2, 0.25) is 0 Å². The molecule has 0 saturated heterocycles. The molecule has 0 atom stereocenters. The number of benzene rings is 1. The predicted octanol–water partition coefficient (Wildman–Crippen LogP) is 1.47. The first-order chi connectivity index (χ1) is 9.90. The summed E-state index contributed by atoms with van der Waals surface area (Å²) in [6.07, 6.45) is 0. The largest absolute Gasteiger partial charge is 0.480 e. The number of carbonyl (C=O) groups is 2. The Bertz CT molecular complexity index is 551. The van der Waals surface area contributed by atoms with Crippen molar-refractivity contribution >= 4 is 35.0 Å². The highest BCUT2D eigenvalue weighted by molar-refractivity contribution is 6.33. The van der Waals surface area contributed by atoms with Crippen molar-refractivity contribution in [2.45, 2.75) is 0 Å². The topological polar surface area (TPSA) is 131 Å². The van der Waals surface area contributed by atoms with E-state index in [4.69, 9.17) is 21.4 Å². The van der Waals surface area contributed by atoms with Gasteiger partial charge in [-0.1, -0.05) is 11.6 Å². The molecule has 3 N–H and O–H groups in total. The molecule has 0 spiro atoms. The van der Waals surface area contributed by atoms with E-state index in [2.05, 4.69) is 10.6 Å². The van der Waals surface area contributed by atoms with E-state index in [1.807, 2.05) is 0 Å². The number of carbonyl (C=O) groups excluding carboxylic acids is 1. The van der Waals surface area contributed by atoms with Gasteiger partial charge in [0, 0.05) is 18.7 Å². The van der Waals surface area contributed by atoms with Gasteiger partial charge in [0.1, 0.15) is 6.61 Å². The second-order valence-electron chi connectivity index (χ2n) is 3.75. The maximum Gasteiger partial charge on any atom is 0.329 e. The van der Waals surface area contributed by atoms with Gasteiger partial charge in [0.25, 0.3) is 5.69 Å². The van der Waals surface area contributed by atoms with Crippen molar-refractivity contribution in [1.82, 2.24) is 5.32 Å². The van der Waals surface area contributed by atoms with E-state index in [1.54, 1.807) is 0 Å². The van der Waals surface area contributed by atoms with Crippen LogP contribution in [0.1, 0.15) is 0 Å². The van der Waals surface area contributed by atoms with Crippen molar-refractivity contribution in [2.24, 2.45) is 0 Å². The number of ether oxygens (including phenoxy) is 1. The Hall–Kier alpha value is -2.39. The van der Waals surface area contributed by atoms with Crippen LogP contribution in [0.2, 0.25) is 5.02 Å². The number of anilines is 1. The van der Waals surface area contributed by atoms with E-state index in [0.29, 0.717) is 0 Å². The second kappa shape index (κ2) is 8.02. The number of hydrogen-bond acceptors (Lipinski definition) is 5. The van der Waals surface area contributed by atoms with Gasteiger partial charge in [-0.05, 0) is 6.07 Å². The molecule has 0 unspecified atom stereocenters. The van der Waals surface area contributed by atoms with Crippen molar-refractivity contribution in [3.63, 3.8) is 0 Å². The normalized spacial score (nSPS) is 9.95. The van der Waals surface area contributed by atoms with Crippen LogP contribution in [0.3, 0.4) is 0 Å². The molecule has 2 amide bonds. The molecular weight excluding hydrogens is 306 g/mol. The van der Waals surface area contributed by atoms with E-state index in [0.717, 1.165) is 6.07 Å². The highest BCUT2D eigenvalue weighted by atomic mass is 35.5. The van der Waals surface area contributed by atoms with Gasteiger partial charge in [-0.15, -0.1) is 0 Å². The Balaban J connectivity index is 2.45. The zero-order chi connectivity index (χ0) is 15.8. The van der Waals surface area contributed by atoms with E-state index in [-0.39, 0.29) is 29.5 Å². The Kier molecular flexibility index (Phi) is 6.37. The fourth-order valence-corrected chi connectivity index (χ4v) is 1.45. The number of carboxylic acids is 1. The van der Waals surface area contributed by atoms with Gasteiger partial charge in [0.15, 0.2) is 0 Å². The van der Waals surface area contributed by atoms with Crippen LogP contribution in [0, 0.1) is 10.1 Å². The highest BCUT2D eigenvalue weighted by Crippen LogP contribution is 2.26. The number of nitro groups is 1. The van der Waals surface area contributed by atoms with Crippen molar-refractivity contribution in [3.8, 4) is 0 Å². The van der Waals surface area contributed by atoms with Crippen LogP contribution in [-0.2, 0) is 9.53 Å². The summed E-state index contributed by atoms with van der Waals surface area (Å²) in [6.45, 7) is -0.367. The molecule has 21 heavy (non-hydrogen) atoms. The monoisotopic (exact) mass is 317 g/mol. The molecule has 114 valence electrons. The van der Waals surface area contributed by atoms with Crippen molar-refractivity contribution in [2.75, 3.05) is 25.1 Å². The fraction of sp³-hybridized carbons (Fsp3) is 0.273. The smallest absolute Gasteiger partial charge is 0.329 e. The summed E-state index contributed by atoms with van der Waals surface area (Å²) in [4.78, 5) is 31.7. The molecular formula is C11H12ClN3O6. The minimum atomic E-state index is -1.11. The predicted molar refractivity (Wildman–Crippen MR) is 73.6 cm³/mol. The van der Waals surface area contributed by atoms with Crippen molar-refractivity contribution < 1.29 is 24.4 Å². The van der Waals surface area contributed by atoms with Crippen molar-refractivity contribution in [1.29, 1.82) is 0 Å². The summed E-state index contributed by atoms with van der Waals surface area (Å²) in [5.74, 6) is -1.11. The molecule has 0 radical (unpaired) electrons. The lowest BCUT2D eigenvalue weighted by molar-refractivity contribution is -0.384. The number of halogens is 1. The molecule has 9 nitrogen and oxygen atoms in total. The number of aliphatic carboxylic acids is 1. The zero-order valence-electron chi connectivity index (χ0n) is 10.7. The van der Waals surface area contributed by atoms with Crippen LogP contribution in [0.5, 0.6) is 0 Å². The standard InChI is InChI=1S/C11H12ClN3O6/c12-8-2-1-7(15(19)20)5-9(8)14-11(18)13-3-4-21-6-10(16)17/h1-2,5H,3-4,6H2,(H,16,17)(H2,13,14,18). The van der Waals surface area contributed by atoms with Crippen LogP contribution in [0.4, 0.5) is 16.2 Å². The molecule has 0 aliphatic carbocycles. The maximum atomic E-state index is 11.5. The number of nitrogens with one attached hydrogen (secondary N) is 2. The average molecular weight is 318 g/mol. The highest BCUT2D eigenvalue weighted by Gasteiger charge is 2.11. The van der Waals surface area contributed by atoms with Gasteiger partial charge >= 0.3 is 12.0 Å². The quantitative estimate of drug-likeness (QED) is 0.396. The zero-order valence-corrected chi connectivity index (χ0v) is 11.4. The summed E-state index contributed by atoms with van der Waals surface area (Å²) in [6, 6.07) is 3.00. The molecule has 1 rings (SSSR count). The molecule has 10 heteroatoms. The third-order valence-corrected chi connectivity index (χ3v) is 2.50. The summed E-state index contributed by atoms with van der Waals surface area (Å²) >= 11 is 5.81. The molecule has 0 heterocycles. The minimum absolute atomic E-state index is 0.0163. The summed E-state index contributed by atoms with van der Waals surface area (Å²) in [7, 11) is 0. The number of nitrogens with zero attached hydrogens (tertiary/aromatic N) is 1. The molecule has 0 aliphatic heterocycles. The second-order valence-corrected chi connectivity index (χ2v) is 4.16. The van der Waals surface area contributed by atoms with Crippen LogP contribution >= 0.6 is 11.6 Å². The first-order valence-corrected chi connectivity index (χ1v) is 6.06. The van der Waals surface area contributed by atoms with E-state index in [9.17, 15) is 19.7 Å². The van der Waals surface area contributed by atoms with Crippen LogP contribution in [0.25, 0.3) is 0 Å². The van der Waals surface area contributed by atoms with Crippen LogP contribution in [-0.4, -0.2) is 41.8 Å². The molecule has 0 aliphatic rings. The Labute approximate surface area is 124 Å². The number of rotatable bonds is 7. The third-order valence-electron chi connectivity index (χ3n) is 2.17. The van der Waals surface area contributed by atoms with Gasteiger partial charge in [-0.3, -0.25) is 10.1 Å². The molecule has 1 aromatic carbocycles. The number of hydrogen-bond donors (Lipinski definition) is 3. The molecule has 1 aromatic rings. The number of amides is 2. The minimum Gasteiger partial charge on any atom is -0.480 e. The molecule has 0 aromatic heterocycles. The van der Waals surface area contributed by atoms with E-state index in [1.165, 1.54) is 12.1 Å². The van der Waals surface area contributed by atoms with E-state index >= 15 is 0 Å². The Morgan fingerprint density at radius 2 is 2.14 bits per heavy atom. The van der Waals surface area contributed by atoms with Gasteiger partial charge < -0.3 is 20.5 Å². The maximum absolute atomic E-state index is 11.5. The van der Waals surface area contributed by atoms with Crippen molar-refractivity contribution in [3.05, 3.63) is 33.3 Å². The van der Waals surface area contributed by atoms with Gasteiger partial charge in [-0.25, -0.2) is 9.59 Å². The molecule has 0 bridgehead atoms. The van der Waals surface area contributed by atoms with Gasteiger partial charge in [-0.2, -0.15) is 0 Å². The number of non-ortho nitro benzene ring substituents is 1. The lowest BCUT2D eigenvalue weighted by Crippen LogP contribution is -2.32. The van der Waals surface area contributed by atoms with E-state index < -0.39 is 23.5 Å². The van der Waals surface area contributed by atoms with Gasteiger partial charge in [0.05, 0.1) is 22.2 Å². The fourth-order valence-electron chi connectivity index (χ4n) is 1.29. The summed E-state index contributed by atoms with van der Waals surface area (Å²) < 4.78 is 4.71. The summed E-state index contributed by atoms with van der Waals surface area (Å²) in [5.41, 5.74) is -0.116. The van der Waals surface area contributed by atoms with Crippen LogP contribution in [0.15, 0.2) is 18.2 Å². The first kappa shape index (κ1) is 16.7. The molecule has 0 saturated carbocycles. The number of nitro benzene ring substituents is 1. The van der Waals surface area contributed by atoms with Crippen LogP contribution < -0.4 is 10.6 Å². The average Bonchev–Trinajstić information content (AvgIpc) is 2.40. The summed E-state index contributed by atoms with van der Waals surface area (Å²) in [5, 5.41) is 23.8. The number of urea groups is 1. The number of carboxylic acid groups (broad SMARTS) is 1.